The molecule has 1 N–H and O–H groups in total. The Morgan fingerprint density at radius 3 is 2.63 bits per heavy atom. The molecular formula is C22H27N3O5. The molecule has 0 saturated carbocycles. The highest BCUT2D eigenvalue weighted by atomic mass is 16.5. The highest BCUT2D eigenvalue weighted by molar-refractivity contribution is 5.86. The summed E-state index contributed by atoms with van der Waals surface area (Å²) in [7, 11) is 6.46. The lowest BCUT2D eigenvalue weighted by Crippen LogP contribution is -2.50. The van der Waals surface area contributed by atoms with Crippen molar-refractivity contribution in [3.63, 3.8) is 0 Å². The quantitative estimate of drug-likeness (QED) is 0.744. The second-order valence-corrected chi connectivity index (χ2v) is 6.97. The first-order valence-corrected chi connectivity index (χ1v) is 9.64. The third kappa shape index (κ3) is 4.42. The summed E-state index contributed by atoms with van der Waals surface area (Å²) in [4.78, 5) is 28.6. The minimum atomic E-state index is -0.679. The molecule has 2 aromatic rings. The monoisotopic (exact) mass is 413 g/mol. The number of hydrogen-bond acceptors (Lipinski definition) is 6. The Hall–Kier alpha value is -3.42. The predicted octanol–water partition coefficient (Wildman–Crippen LogP) is 1.68. The Bertz CT molecular complexity index is 917. The molecule has 2 amide bonds. The summed E-state index contributed by atoms with van der Waals surface area (Å²) in [5, 5.41) is 2.61. The lowest BCUT2D eigenvalue weighted by Gasteiger charge is -2.35. The molecule has 0 aliphatic carbocycles. The zero-order chi connectivity index (χ0) is 21.7. The number of nitrogens with zero attached hydrogens (tertiary/aromatic N) is 2. The van der Waals surface area contributed by atoms with Gasteiger partial charge in [0.15, 0.2) is 17.6 Å². The summed E-state index contributed by atoms with van der Waals surface area (Å²) in [5.74, 6) is 1.49. The van der Waals surface area contributed by atoms with E-state index in [0.717, 1.165) is 11.3 Å². The Morgan fingerprint density at radius 2 is 1.93 bits per heavy atom. The van der Waals surface area contributed by atoms with Crippen LogP contribution in [-0.2, 0) is 16.1 Å². The van der Waals surface area contributed by atoms with Gasteiger partial charge in [0, 0.05) is 26.2 Å². The van der Waals surface area contributed by atoms with Gasteiger partial charge in [-0.1, -0.05) is 24.3 Å². The number of ether oxygens (including phenoxy) is 3. The lowest BCUT2D eigenvalue weighted by atomic mass is 10.1. The summed E-state index contributed by atoms with van der Waals surface area (Å²) < 4.78 is 16.6. The highest BCUT2D eigenvalue weighted by Gasteiger charge is 2.31. The maximum Gasteiger partial charge on any atom is 0.262 e. The van der Waals surface area contributed by atoms with Crippen LogP contribution in [0.4, 0.5) is 5.69 Å². The number of likely N-dealkylation sites (N-methyl/N-ethyl adjacent to an activating group) is 2. The Kier molecular flexibility index (Phi) is 6.66. The topological polar surface area (TPSA) is 80.3 Å². The van der Waals surface area contributed by atoms with Crippen LogP contribution < -0.4 is 24.4 Å². The molecule has 1 aliphatic rings. The van der Waals surface area contributed by atoms with E-state index in [2.05, 4.69) is 5.32 Å². The van der Waals surface area contributed by atoms with Gasteiger partial charge in [-0.3, -0.25) is 9.59 Å². The van der Waals surface area contributed by atoms with Crippen molar-refractivity contribution in [3.8, 4) is 17.2 Å². The van der Waals surface area contributed by atoms with E-state index in [0.29, 0.717) is 30.3 Å². The summed E-state index contributed by atoms with van der Waals surface area (Å²) in [5.41, 5.74) is 1.64. The number of rotatable bonds is 7. The van der Waals surface area contributed by atoms with Crippen molar-refractivity contribution in [1.29, 1.82) is 0 Å². The molecule has 0 bridgehead atoms. The number of para-hydroxylation sites is 3. The molecule has 0 fully saturated rings. The largest absolute Gasteiger partial charge is 0.493 e. The predicted molar refractivity (Wildman–Crippen MR) is 113 cm³/mol. The van der Waals surface area contributed by atoms with Crippen molar-refractivity contribution in [2.24, 2.45) is 0 Å². The smallest absolute Gasteiger partial charge is 0.262 e. The number of carbonyl (C=O) groups is 2. The van der Waals surface area contributed by atoms with Crippen molar-refractivity contribution < 1.29 is 23.8 Å². The fraction of sp³-hybridized carbons (Fsp3) is 0.364. The molecule has 0 spiro atoms. The van der Waals surface area contributed by atoms with Crippen molar-refractivity contribution in [1.82, 2.24) is 10.2 Å². The number of fused-ring (bicyclic) bond motifs is 1. The van der Waals surface area contributed by atoms with E-state index in [9.17, 15) is 9.59 Å². The second-order valence-electron chi connectivity index (χ2n) is 6.97. The van der Waals surface area contributed by atoms with E-state index in [-0.39, 0.29) is 18.4 Å². The van der Waals surface area contributed by atoms with Crippen molar-refractivity contribution >= 4 is 17.5 Å². The van der Waals surface area contributed by atoms with Gasteiger partial charge in [-0.25, -0.2) is 0 Å². The normalized spacial score (nSPS) is 14.9. The van der Waals surface area contributed by atoms with Crippen LogP contribution in [0.1, 0.15) is 5.56 Å². The van der Waals surface area contributed by atoms with E-state index >= 15 is 0 Å². The zero-order valence-corrected chi connectivity index (χ0v) is 17.7. The Morgan fingerprint density at radius 1 is 1.17 bits per heavy atom. The van der Waals surface area contributed by atoms with Crippen LogP contribution in [0, 0.1) is 0 Å². The number of hydrogen-bond donors (Lipinski definition) is 1. The molecule has 8 nitrogen and oxygen atoms in total. The third-order valence-electron chi connectivity index (χ3n) is 5.04. The molecule has 1 aliphatic heterocycles. The van der Waals surface area contributed by atoms with Gasteiger partial charge >= 0.3 is 0 Å². The SMILES string of the molecule is CNC(=O)[C@H]1CN(CC(=O)N(C)Cc2cccc(OC)c2OC)c2ccccc2O1. The van der Waals surface area contributed by atoms with E-state index in [1.165, 1.54) is 0 Å². The Labute approximate surface area is 176 Å². The molecule has 8 heteroatoms. The van der Waals surface area contributed by atoms with E-state index in [1.807, 2.05) is 41.3 Å². The molecule has 3 rings (SSSR count). The molecule has 1 atom stereocenters. The molecule has 0 saturated heterocycles. The summed E-state index contributed by atoms with van der Waals surface area (Å²) in [6.45, 7) is 0.777. The van der Waals surface area contributed by atoms with Gasteiger partial charge in [-0.15, -0.1) is 0 Å². The minimum absolute atomic E-state index is 0.0905. The van der Waals surface area contributed by atoms with Crippen LogP contribution in [0.25, 0.3) is 0 Å². The van der Waals surface area contributed by atoms with Gasteiger partial charge in [0.05, 0.1) is 33.0 Å². The molecule has 0 unspecified atom stereocenters. The first-order chi connectivity index (χ1) is 14.5. The van der Waals surface area contributed by atoms with Crippen molar-refractivity contribution in [2.45, 2.75) is 12.6 Å². The number of nitrogens with one attached hydrogen (secondary N) is 1. The summed E-state index contributed by atoms with van der Waals surface area (Å²) >= 11 is 0. The van der Waals surface area contributed by atoms with Crippen LogP contribution in [-0.4, -0.2) is 64.2 Å². The fourth-order valence-electron chi connectivity index (χ4n) is 3.46. The van der Waals surface area contributed by atoms with E-state index in [1.54, 1.807) is 39.3 Å². The fourth-order valence-corrected chi connectivity index (χ4v) is 3.46. The number of anilines is 1. The molecule has 0 radical (unpaired) electrons. The molecule has 1 heterocycles. The maximum atomic E-state index is 13.0. The average Bonchev–Trinajstić information content (AvgIpc) is 2.77. The van der Waals surface area contributed by atoms with Crippen LogP contribution >= 0.6 is 0 Å². The van der Waals surface area contributed by atoms with Gasteiger partial charge in [-0.2, -0.15) is 0 Å². The minimum Gasteiger partial charge on any atom is -0.493 e. The van der Waals surface area contributed by atoms with Crippen molar-refractivity contribution in [2.75, 3.05) is 46.3 Å². The summed E-state index contributed by atoms with van der Waals surface area (Å²) in [6.07, 6.45) is -0.679. The van der Waals surface area contributed by atoms with E-state index < -0.39 is 6.10 Å². The van der Waals surface area contributed by atoms with Crippen LogP contribution in [0.5, 0.6) is 17.2 Å². The van der Waals surface area contributed by atoms with Gasteiger partial charge in [0.2, 0.25) is 5.91 Å². The molecule has 0 aromatic heterocycles. The van der Waals surface area contributed by atoms with Gasteiger partial charge in [-0.05, 0) is 18.2 Å². The van der Waals surface area contributed by atoms with Gasteiger partial charge in [0.25, 0.3) is 5.91 Å². The summed E-state index contributed by atoms with van der Waals surface area (Å²) in [6, 6.07) is 13.0. The first kappa shape index (κ1) is 21.3. The first-order valence-electron chi connectivity index (χ1n) is 9.64. The zero-order valence-electron chi connectivity index (χ0n) is 17.7. The third-order valence-corrected chi connectivity index (χ3v) is 5.04. The molecule has 160 valence electrons. The number of methoxy groups -OCH3 is 2. The molecule has 2 aromatic carbocycles. The average molecular weight is 413 g/mol. The van der Waals surface area contributed by atoms with Crippen LogP contribution in [0.2, 0.25) is 0 Å². The Balaban J connectivity index is 1.75. The standard InChI is InChI=1S/C22H27N3O5/c1-23-22(27)19-13-25(16-9-5-6-10-17(16)30-19)14-20(26)24(2)12-15-8-7-11-18(28-3)21(15)29-4/h5-11,19H,12-14H2,1-4H3,(H,23,27)/t19-/m1/s1. The second kappa shape index (κ2) is 9.39. The number of amides is 2. The highest BCUT2D eigenvalue weighted by Crippen LogP contribution is 2.34. The van der Waals surface area contributed by atoms with Crippen LogP contribution in [0.3, 0.4) is 0 Å². The maximum absolute atomic E-state index is 13.0. The van der Waals surface area contributed by atoms with Crippen molar-refractivity contribution in [3.05, 3.63) is 48.0 Å². The van der Waals surface area contributed by atoms with E-state index in [4.69, 9.17) is 14.2 Å². The molecule has 30 heavy (non-hydrogen) atoms. The lowest BCUT2D eigenvalue weighted by molar-refractivity contribution is -0.130. The number of carbonyl (C=O) groups excluding carboxylic acids is 2. The number of benzene rings is 2. The van der Waals surface area contributed by atoms with Gasteiger partial charge in [0.1, 0.15) is 5.75 Å². The molecular weight excluding hydrogens is 386 g/mol. The van der Waals surface area contributed by atoms with Crippen LogP contribution in [0.15, 0.2) is 42.5 Å². The van der Waals surface area contributed by atoms with Gasteiger partial charge < -0.3 is 29.3 Å².